The summed E-state index contributed by atoms with van der Waals surface area (Å²) < 4.78 is 13.3. The maximum atomic E-state index is 13.3. The van der Waals surface area contributed by atoms with Crippen molar-refractivity contribution < 1.29 is 4.39 Å². The Labute approximate surface area is 81.9 Å². The van der Waals surface area contributed by atoms with Crippen LogP contribution in [0.4, 0.5) is 10.1 Å². The second-order valence-electron chi connectivity index (χ2n) is 2.98. The molecule has 1 nitrogen and oxygen atoms in total. The van der Waals surface area contributed by atoms with Gasteiger partial charge in [-0.1, -0.05) is 6.07 Å². The number of nitrogens with zero attached hydrogens (tertiary/aromatic N) is 1. The molecular weight excluding hydrogens is 185 g/mol. The van der Waals surface area contributed by atoms with Crippen molar-refractivity contribution in [3.63, 3.8) is 0 Å². The van der Waals surface area contributed by atoms with Crippen LogP contribution in [0.1, 0.15) is 0 Å². The fourth-order valence-corrected chi connectivity index (χ4v) is 2.37. The van der Waals surface area contributed by atoms with E-state index in [-0.39, 0.29) is 5.82 Å². The molecule has 0 bridgehead atoms. The topological polar surface area (TPSA) is 3.24 Å². The van der Waals surface area contributed by atoms with Gasteiger partial charge < -0.3 is 4.90 Å². The lowest BCUT2D eigenvalue weighted by Gasteiger charge is -2.28. The van der Waals surface area contributed by atoms with Crippen molar-refractivity contribution in [3.8, 4) is 0 Å². The van der Waals surface area contributed by atoms with Crippen LogP contribution in [-0.4, -0.2) is 24.6 Å². The molecule has 1 radical (unpaired) electrons. The van der Waals surface area contributed by atoms with E-state index in [1.54, 1.807) is 12.1 Å². The van der Waals surface area contributed by atoms with Gasteiger partial charge in [-0.2, -0.15) is 11.8 Å². The van der Waals surface area contributed by atoms with Crippen LogP contribution in [0.15, 0.2) is 18.2 Å². The zero-order chi connectivity index (χ0) is 9.10. The summed E-state index contributed by atoms with van der Waals surface area (Å²) in [6, 6.07) is 7.69. The quantitative estimate of drug-likeness (QED) is 0.677. The van der Waals surface area contributed by atoms with Crippen molar-refractivity contribution in [2.24, 2.45) is 0 Å². The molecule has 3 heteroatoms. The zero-order valence-electron chi connectivity index (χ0n) is 7.29. The Balaban J connectivity index is 2.18. The Hall–Kier alpha value is -0.700. The lowest BCUT2D eigenvalue weighted by Crippen LogP contribution is -2.32. The smallest absolute Gasteiger partial charge is 0.147 e. The summed E-state index contributed by atoms with van der Waals surface area (Å²) in [5, 5.41) is 0. The van der Waals surface area contributed by atoms with E-state index in [9.17, 15) is 4.39 Å². The van der Waals surface area contributed by atoms with Crippen molar-refractivity contribution in [1.29, 1.82) is 0 Å². The summed E-state index contributed by atoms with van der Waals surface area (Å²) in [4.78, 5) is 2.10. The number of halogens is 1. The van der Waals surface area contributed by atoms with Gasteiger partial charge in [0.25, 0.3) is 0 Å². The zero-order valence-corrected chi connectivity index (χ0v) is 8.11. The van der Waals surface area contributed by atoms with E-state index in [0.717, 1.165) is 30.3 Å². The Morgan fingerprint density at radius 2 is 2.15 bits per heavy atom. The van der Waals surface area contributed by atoms with Crippen LogP contribution in [-0.2, 0) is 0 Å². The van der Waals surface area contributed by atoms with Crippen LogP contribution in [0.2, 0.25) is 0 Å². The highest BCUT2D eigenvalue weighted by Gasteiger charge is 2.13. The normalized spacial score (nSPS) is 17.5. The highest BCUT2D eigenvalue weighted by molar-refractivity contribution is 7.99. The molecule has 2 rings (SSSR count). The van der Waals surface area contributed by atoms with E-state index in [0.29, 0.717) is 0 Å². The van der Waals surface area contributed by atoms with E-state index in [2.05, 4.69) is 11.0 Å². The number of hydrogen-bond donors (Lipinski definition) is 0. The van der Waals surface area contributed by atoms with Gasteiger partial charge in [-0.15, -0.1) is 0 Å². The van der Waals surface area contributed by atoms with Crippen LogP contribution in [0.25, 0.3) is 0 Å². The largest absolute Gasteiger partial charge is 0.368 e. The van der Waals surface area contributed by atoms with Crippen LogP contribution in [0.5, 0.6) is 0 Å². The Morgan fingerprint density at radius 3 is 2.85 bits per heavy atom. The summed E-state index contributed by atoms with van der Waals surface area (Å²) in [6.07, 6.45) is 0. The second-order valence-corrected chi connectivity index (χ2v) is 4.20. The lowest BCUT2D eigenvalue weighted by molar-refractivity contribution is 0.619. The van der Waals surface area contributed by atoms with Crippen molar-refractivity contribution in [3.05, 3.63) is 30.1 Å². The molecular formula is C10H11FNS. The number of anilines is 1. The maximum absolute atomic E-state index is 13.3. The molecule has 1 fully saturated rings. The summed E-state index contributed by atoms with van der Waals surface area (Å²) >= 11 is 1.93. The molecule has 69 valence electrons. The molecule has 0 N–H and O–H groups in total. The number of thioether (sulfide) groups is 1. The van der Waals surface area contributed by atoms with Crippen molar-refractivity contribution in [1.82, 2.24) is 0 Å². The molecule has 0 amide bonds. The Kier molecular flexibility index (Phi) is 2.74. The molecule has 0 unspecified atom stereocenters. The molecule has 1 saturated heterocycles. The first-order chi connectivity index (χ1) is 6.38. The predicted molar refractivity (Wildman–Crippen MR) is 54.8 cm³/mol. The van der Waals surface area contributed by atoms with E-state index in [4.69, 9.17) is 0 Å². The molecule has 1 aliphatic rings. The minimum atomic E-state index is -0.158. The maximum Gasteiger partial charge on any atom is 0.147 e. The first-order valence-electron chi connectivity index (χ1n) is 4.36. The molecule has 1 aromatic rings. The van der Waals surface area contributed by atoms with Crippen LogP contribution >= 0.6 is 11.8 Å². The van der Waals surface area contributed by atoms with Gasteiger partial charge in [-0.05, 0) is 18.2 Å². The minimum Gasteiger partial charge on any atom is -0.368 e. The Bertz CT molecular complexity index is 284. The first-order valence-corrected chi connectivity index (χ1v) is 5.52. The fraction of sp³-hybridized carbons (Fsp3) is 0.400. The average molecular weight is 196 g/mol. The third kappa shape index (κ3) is 1.97. The van der Waals surface area contributed by atoms with Crippen LogP contribution in [0.3, 0.4) is 0 Å². The molecule has 1 heterocycles. The van der Waals surface area contributed by atoms with Crippen molar-refractivity contribution in [2.75, 3.05) is 29.5 Å². The monoisotopic (exact) mass is 196 g/mol. The second kappa shape index (κ2) is 4.01. The van der Waals surface area contributed by atoms with Crippen molar-refractivity contribution in [2.45, 2.75) is 0 Å². The summed E-state index contributed by atoms with van der Waals surface area (Å²) in [7, 11) is 0. The lowest BCUT2D eigenvalue weighted by atomic mass is 10.2. The molecule has 0 aromatic heterocycles. The molecule has 13 heavy (non-hydrogen) atoms. The van der Waals surface area contributed by atoms with Gasteiger partial charge in [0.1, 0.15) is 5.82 Å². The van der Waals surface area contributed by atoms with E-state index >= 15 is 0 Å². The third-order valence-electron chi connectivity index (χ3n) is 2.14. The first kappa shape index (κ1) is 8.88. The molecule has 0 aliphatic carbocycles. The van der Waals surface area contributed by atoms with Gasteiger partial charge in [0.05, 0.1) is 5.69 Å². The van der Waals surface area contributed by atoms with Crippen LogP contribution in [0, 0.1) is 11.9 Å². The third-order valence-corrected chi connectivity index (χ3v) is 3.09. The van der Waals surface area contributed by atoms with E-state index in [1.165, 1.54) is 6.07 Å². The van der Waals surface area contributed by atoms with Gasteiger partial charge in [0.15, 0.2) is 0 Å². The fourth-order valence-electron chi connectivity index (χ4n) is 1.46. The number of benzene rings is 1. The summed E-state index contributed by atoms with van der Waals surface area (Å²) in [5.41, 5.74) is 0.721. The highest BCUT2D eigenvalue weighted by Crippen LogP contribution is 2.21. The van der Waals surface area contributed by atoms with Gasteiger partial charge in [0, 0.05) is 24.6 Å². The van der Waals surface area contributed by atoms with Gasteiger partial charge in [0.2, 0.25) is 0 Å². The Morgan fingerprint density at radius 1 is 1.38 bits per heavy atom. The molecule has 0 atom stereocenters. The van der Waals surface area contributed by atoms with E-state index < -0.39 is 0 Å². The highest BCUT2D eigenvalue weighted by atomic mass is 32.2. The molecule has 0 saturated carbocycles. The average Bonchev–Trinajstić information content (AvgIpc) is 2.20. The van der Waals surface area contributed by atoms with Gasteiger partial charge in [-0.3, -0.25) is 0 Å². The minimum absolute atomic E-state index is 0.158. The van der Waals surface area contributed by atoms with Gasteiger partial charge in [-0.25, -0.2) is 4.39 Å². The molecule has 1 aromatic carbocycles. The SMILES string of the molecule is Fc1c[c]ccc1N1CCSCC1. The summed E-state index contributed by atoms with van der Waals surface area (Å²) in [5.74, 6) is 2.03. The van der Waals surface area contributed by atoms with E-state index in [1.807, 2.05) is 11.8 Å². The summed E-state index contributed by atoms with van der Waals surface area (Å²) in [6.45, 7) is 1.90. The standard InChI is InChI=1S/C10H11FNS/c11-9-3-1-2-4-10(9)12-5-7-13-8-6-12/h2-4H,5-8H2. The molecule has 1 aliphatic heterocycles. The van der Waals surface area contributed by atoms with Gasteiger partial charge >= 0.3 is 0 Å². The molecule has 0 spiro atoms. The van der Waals surface area contributed by atoms with Crippen molar-refractivity contribution >= 4 is 17.4 Å². The number of rotatable bonds is 1. The van der Waals surface area contributed by atoms with Crippen LogP contribution < -0.4 is 4.90 Å². The number of hydrogen-bond acceptors (Lipinski definition) is 2. The predicted octanol–water partition coefficient (Wildman–Crippen LogP) is 2.18.